The summed E-state index contributed by atoms with van der Waals surface area (Å²) in [5.41, 5.74) is 2.05. The van der Waals surface area contributed by atoms with Crippen LogP contribution in [0.3, 0.4) is 0 Å². The first kappa shape index (κ1) is 13.2. The van der Waals surface area contributed by atoms with E-state index >= 15 is 0 Å². The smallest absolute Gasteiger partial charge is 0.227 e. The van der Waals surface area contributed by atoms with Crippen LogP contribution in [0.15, 0.2) is 41.8 Å². The molecular weight excluding hydrogens is 268 g/mol. The highest BCUT2D eigenvalue weighted by atomic mass is 32.1. The van der Waals surface area contributed by atoms with Crippen LogP contribution in [0.1, 0.15) is 30.7 Å². The van der Waals surface area contributed by atoms with Crippen molar-refractivity contribution in [3.8, 4) is 0 Å². The van der Waals surface area contributed by atoms with Crippen LogP contribution < -0.4 is 10.2 Å². The zero-order chi connectivity index (χ0) is 13.9. The standard InChI is InChI=1S/C16H18N2OS/c1-12(15-7-4-10-20-15)17-13-5-2-6-14(11-13)18-9-3-8-16(18)19/h2,4-7,10-12,17H,3,8-9H2,1H3. The fraction of sp³-hybridized carbons (Fsp3) is 0.312. The van der Waals surface area contributed by atoms with Gasteiger partial charge in [0.05, 0.1) is 6.04 Å². The summed E-state index contributed by atoms with van der Waals surface area (Å²) in [6, 6.07) is 12.6. The molecular formula is C16H18N2OS. The second kappa shape index (κ2) is 5.67. The zero-order valence-corrected chi connectivity index (χ0v) is 12.3. The molecule has 3 nitrogen and oxygen atoms in total. The number of nitrogens with zero attached hydrogens (tertiary/aromatic N) is 1. The Morgan fingerprint density at radius 1 is 1.30 bits per heavy atom. The number of carbonyl (C=O) groups excluding carboxylic acids is 1. The van der Waals surface area contributed by atoms with Gasteiger partial charge < -0.3 is 10.2 Å². The normalized spacial score (nSPS) is 16.4. The molecule has 2 heterocycles. The number of nitrogens with one attached hydrogen (secondary N) is 1. The molecule has 3 rings (SSSR count). The van der Waals surface area contributed by atoms with E-state index in [0.717, 1.165) is 24.3 Å². The van der Waals surface area contributed by atoms with Gasteiger partial charge in [-0.1, -0.05) is 12.1 Å². The maximum absolute atomic E-state index is 11.8. The third-order valence-corrected chi connectivity index (χ3v) is 4.64. The molecule has 1 fully saturated rings. The van der Waals surface area contributed by atoms with Crippen molar-refractivity contribution in [2.75, 3.05) is 16.8 Å². The summed E-state index contributed by atoms with van der Waals surface area (Å²) in [5, 5.41) is 5.59. The van der Waals surface area contributed by atoms with Crippen molar-refractivity contribution >= 4 is 28.6 Å². The molecule has 1 N–H and O–H groups in total. The molecule has 0 radical (unpaired) electrons. The summed E-state index contributed by atoms with van der Waals surface area (Å²) in [4.78, 5) is 15.0. The van der Waals surface area contributed by atoms with Crippen molar-refractivity contribution in [3.05, 3.63) is 46.7 Å². The fourth-order valence-electron chi connectivity index (χ4n) is 2.54. The van der Waals surface area contributed by atoms with Gasteiger partial charge in [-0.25, -0.2) is 0 Å². The van der Waals surface area contributed by atoms with Crippen molar-refractivity contribution in [2.24, 2.45) is 0 Å². The van der Waals surface area contributed by atoms with Crippen molar-refractivity contribution in [1.82, 2.24) is 0 Å². The van der Waals surface area contributed by atoms with E-state index in [1.165, 1.54) is 4.88 Å². The van der Waals surface area contributed by atoms with Gasteiger partial charge >= 0.3 is 0 Å². The SMILES string of the molecule is CC(Nc1cccc(N2CCCC2=O)c1)c1cccs1. The van der Waals surface area contributed by atoms with Crippen LogP contribution in [0, 0.1) is 0 Å². The van der Waals surface area contributed by atoms with Gasteiger partial charge in [0.2, 0.25) is 5.91 Å². The van der Waals surface area contributed by atoms with Crippen LogP contribution in [0.25, 0.3) is 0 Å². The molecule has 0 spiro atoms. The summed E-state index contributed by atoms with van der Waals surface area (Å²) in [7, 11) is 0. The van der Waals surface area contributed by atoms with Gasteiger partial charge in [0.25, 0.3) is 0 Å². The third kappa shape index (κ3) is 2.70. The van der Waals surface area contributed by atoms with Gasteiger partial charge in [0.15, 0.2) is 0 Å². The lowest BCUT2D eigenvalue weighted by atomic mass is 10.2. The lowest BCUT2D eigenvalue weighted by molar-refractivity contribution is -0.117. The van der Waals surface area contributed by atoms with Gasteiger partial charge in [-0.05, 0) is 43.0 Å². The molecule has 0 saturated carbocycles. The number of hydrogen-bond acceptors (Lipinski definition) is 3. The molecule has 1 amide bonds. The maximum Gasteiger partial charge on any atom is 0.227 e. The molecule has 1 aromatic carbocycles. The summed E-state index contributed by atoms with van der Waals surface area (Å²) in [5.74, 6) is 0.230. The van der Waals surface area contributed by atoms with Gasteiger partial charge in [-0.3, -0.25) is 4.79 Å². The van der Waals surface area contributed by atoms with E-state index in [1.807, 2.05) is 23.1 Å². The molecule has 0 aliphatic carbocycles. The first-order valence-electron chi connectivity index (χ1n) is 6.94. The largest absolute Gasteiger partial charge is 0.378 e. The van der Waals surface area contributed by atoms with Gasteiger partial charge in [-0.2, -0.15) is 0 Å². The van der Waals surface area contributed by atoms with E-state index in [-0.39, 0.29) is 11.9 Å². The van der Waals surface area contributed by atoms with Gasteiger partial charge in [-0.15, -0.1) is 11.3 Å². The molecule has 20 heavy (non-hydrogen) atoms. The van der Waals surface area contributed by atoms with E-state index in [9.17, 15) is 4.79 Å². The highest BCUT2D eigenvalue weighted by Crippen LogP contribution is 2.27. The zero-order valence-electron chi connectivity index (χ0n) is 11.5. The first-order valence-corrected chi connectivity index (χ1v) is 7.82. The predicted molar refractivity (Wildman–Crippen MR) is 84.4 cm³/mol. The Balaban J connectivity index is 1.76. The topological polar surface area (TPSA) is 32.3 Å². The second-order valence-electron chi connectivity index (χ2n) is 5.08. The highest BCUT2D eigenvalue weighted by molar-refractivity contribution is 7.10. The highest BCUT2D eigenvalue weighted by Gasteiger charge is 2.21. The Bertz CT molecular complexity index is 594. The first-order chi connectivity index (χ1) is 9.74. The minimum atomic E-state index is 0.230. The lowest BCUT2D eigenvalue weighted by Gasteiger charge is -2.19. The number of anilines is 2. The number of amides is 1. The Morgan fingerprint density at radius 3 is 2.90 bits per heavy atom. The van der Waals surface area contributed by atoms with Crippen LogP contribution >= 0.6 is 11.3 Å². The molecule has 1 aliphatic heterocycles. The monoisotopic (exact) mass is 286 g/mol. The lowest BCUT2D eigenvalue weighted by Crippen LogP contribution is -2.23. The molecule has 1 aliphatic rings. The third-order valence-electron chi connectivity index (χ3n) is 3.58. The quantitative estimate of drug-likeness (QED) is 0.919. The van der Waals surface area contributed by atoms with Crippen LogP contribution in [-0.2, 0) is 4.79 Å². The summed E-state index contributed by atoms with van der Waals surface area (Å²) in [6.45, 7) is 2.99. The molecule has 0 bridgehead atoms. The molecule has 1 atom stereocenters. The van der Waals surface area contributed by atoms with E-state index in [1.54, 1.807) is 11.3 Å². The van der Waals surface area contributed by atoms with E-state index in [2.05, 4.69) is 35.8 Å². The van der Waals surface area contributed by atoms with Gasteiger partial charge in [0.1, 0.15) is 0 Å². The summed E-state index contributed by atoms with van der Waals surface area (Å²) in [6.07, 6.45) is 1.63. The van der Waals surface area contributed by atoms with Crippen molar-refractivity contribution in [1.29, 1.82) is 0 Å². The Hall–Kier alpha value is -1.81. The number of carbonyl (C=O) groups is 1. The molecule has 1 unspecified atom stereocenters. The average molecular weight is 286 g/mol. The summed E-state index contributed by atoms with van der Waals surface area (Å²) >= 11 is 1.75. The Kier molecular flexibility index (Phi) is 3.74. The number of rotatable bonds is 4. The van der Waals surface area contributed by atoms with Crippen molar-refractivity contribution < 1.29 is 4.79 Å². The number of benzene rings is 1. The minimum Gasteiger partial charge on any atom is -0.378 e. The van der Waals surface area contributed by atoms with E-state index < -0.39 is 0 Å². The molecule has 2 aromatic rings. The van der Waals surface area contributed by atoms with Crippen LogP contribution in [0.2, 0.25) is 0 Å². The van der Waals surface area contributed by atoms with E-state index in [0.29, 0.717) is 6.42 Å². The van der Waals surface area contributed by atoms with Crippen LogP contribution in [-0.4, -0.2) is 12.5 Å². The molecule has 1 aromatic heterocycles. The number of hydrogen-bond donors (Lipinski definition) is 1. The average Bonchev–Trinajstić information content (AvgIpc) is 3.10. The minimum absolute atomic E-state index is 0.230. The maximum atomic E-state index is 11.8. The number of thiophene rings is 1. The van der Waals surface area contributed by atoms with Crippen molar-refractivity contribution in [2.45, 2.75) is 25.8 Å². The Morgan fingerprint density at radius 2 is 2.20 bits per heavy atom. The van der Waals surface area contributed by atoms with E-state index in [4.69, 9.17) is 0 Å². The predicted octanol–water partition coefficient (Wildman–Crippen LogP) is 4.05. The van der Waals surface area contributed by atoms with Crippen LogP contribution in [0.5, 0.6) is 0 Å². The molecule has 4 heteroatoms. The van der Waals surface area contributed by atoms with Crippen LogP contribution in [0.4, 0.5) is 11.4 Å². The fourth-order valence-corrected chi connectivity index (χ4v) is 3.28. The molecule has 1 saturated heterocycles. The second-order valence-corrected chi connectivity index (χ2v) is 6.06. The Labute approximate surface area is 123 Å². The van der Waals surface area contributed by atoms with Crippen molar-refractivity contribution in [3.63, 3.8) is 0 Å². The van der Waals surface area contributed by atoms with Gasteiger partial charge in [0, 0.05) is 29.2 Å². The summed E-state index contributed by atoms with van der Waals surface area (Å²) < 4.78 is 0. The molecule has 104 valence electrons.